The standard InChI is InChI=1S/C12H27N3O4S/c1-13-10-12-4-3-6-15(11-12)20(16,17)14-5-7-19-9-8-18-2/h12-14H,3-11H2,1-2H3. The van der Waals surface area contributed by atoms with Gasteiger partial charge in [0.1, 0.15) is 0 Å². The van der Waals surface area contributed by atoms with Gasteiger partial charge in [-0.25, -0.2) is 0 Å². The van der Waals surface area contributed by atoms with Gasteiger partial charge in [-0.15, -0.1) is 0 Å². The molecule has 1 heterocycles. The predicted molar refractivity (Wildman–Crippen MR) is 77.8 cm³/mol. The van der Waals surface area contributed by atoms with Crippen LogP contribution in [0, 0.1) is 5.92 Å². The summed E-state index contributed by atoms with van der Waals surface area (Å²) in [5.74, 6) is 0.392. The summed E-state index contributed by atoms with van der Waals surface area (Å²) in [6.45, 7) is 3.68. The average molecular weight is 309 g/mol. The van der Waals surface area contributed by atoms with Crippen LogP contribution in [-0.2, 0) is 19.7 Å². The van der Waals surface area contributed by atoms with Crippen LogP contribution in [0.2, 0.25) is 0 Å². The third-order valence-electron chi connectivity index (χ3n) is 3.28. The third-order valence-corrected chi connectivity index (χ3v) is 4.86. The van der Waals surface area contributed by atoms with Crippen molar-refractivity contribution in [2.45, 2.75) is 12.8 Å². The van der Waals surface area contributed by atoms with Crippen molar-refractivity contribution in [1.82, 2.24) is 14.3 Å². The maximum absolute atomic E-state index is 12.1. The van der Waals surface area contributed by atoms with E-state index in [9.17, 15) is 8.42 Å². The van der Waals surface area contributed by atoms with Crippen LogP contribution in [0.3, 0.4) is 0 Å². The van der Waals surface area contributed by atoms with Gasteiger partial charge >= 0.3 is 0 Å². The van der Waals surface area contributed by atoms with E-state index in [1.54, 1.807) is 7.11 Å². The van der Waals surface area contributed by atoms with Gasteiger partial charge in [-0.2, -0.15) is 17.4 Å². The van der Waals surface area contributed by atoms with Crippen molar-refractivity contribution in [3.8, 4) is 0 Å². The molecule has 120 valence electrons. The van der Waals surface area contributed by atoms with Crippen LogP contribution >= 0.6 is 0 Å². The first-order valence-electron chi connectivity index (χ1n) is 7.06. The number of nitrogens with zero attached hydrogens (tertiary/aromatic N) is 1. The highest BCUT2D eigenvalue weighted by Crippen LogP contribution is 2.17. The highest BCUT2D eigenvalue weighted by Gasteiger charge is 2.27. The van der Waals surface area contributed by atoms with Gasteiger partial charge in [0.15, 0.2) is 0 Å². The molecule has 1 atom stereocenters. The Hall–Kier alpha value is -0.250. The maximum atomic E-state index is 12.1. The van der Waals surface area contributed by atoms with E-state index >= 15 is 0 Å². The SMILES string of the molecule is CNCC1CCCN(S(=O)(=O)NCCOCCOC)C1. The molecule has 1 fully saturated rings. The molecule has 2 N–H and O–H groups in total. The van der Waals surface area contributed by atoms with Crippen molar-refractivity contribution < 1.29 is 17.9 Å². The highest BCUT2D eigenvalue weighted by atomic mass is 32.2. The molecule has 0 spiro atoms. The summed E-state index contributed by atoms with van der Waals surface area (Å²) >= 11 is 0. The number of hydrogen-bond donors (Lipinski definition) is 2. The lowest BCUT2D eigenvalue weighted by atomic mass is 10.00. The van der Waals surface area contributed by atoms with E-state index in [0.717, 1.165) is 19.4 Å². The largest absolute Gasteiger partial charge is 0.382 e. The fraction of sp³-hybridized carbons (Fsp3) is 1.00. The summed E-state index contributed by atoms with van der Waals surface area (Å²) in [6, 6.07) is 0. The van der Waals surface area contributed by atoms with Gasteiger partial charge in [0.25, 0.3) is 10.2 Å². The van der Waals surface area contributed by atoms with Crippen molar-refractivity contribution >= 4 is 10.2 Å². The Morgan fingerprint density at radius 2 is 2.10 bits per heavy atom. The molecule has 7 nitrogen and oxygen atoms in total. The van der Waals surface area contributed by atoms with Gasteiger partial charge < -0.3 is 14.8 Å². The molecule has 1 unspecified atom stereocenters. The fourth-order valence-corrected chi connectivity index (χ4v) is 3.58. The molecule has 0 aromatic heterocycles. The second-order valence-corrected chi connectivity index (χ2v) is 6.68. The van der Waals surface area contributed by atoms with Crippen LogP contribution < -0.4 is 10.0 Å². The maximum Gasteiger partial charge on any atom is 0.279 e. The number of hydrogen-bond acceptors (Lipinski definition) is 5. The minimum absolute atomic E-state index is 0.291. The Kier molecular flexibility index (Phi) is 8.58. The smallest absolute Gasteiger partial charge is 0.279 e. The Labute approximate surface area is 122 Å². The van der Waals surface area contributed by atoms with Gasteiger partial charge in [-0.3, -0.25) is 0 Å². The summed E-state index contributed by atoms with van der Waals surface area (Å²) in [7, 11) is 0.110. The number of nitrogens with one attached hydrogen (secondary N) is 2. The Bertz CT molecular complexity index is 349. The van der Waals surface area contributed by atoms with Crippen LogP contribution in [0.5, 0.6) is 0 Å². The van der Waals surface area contributed by atoms with E-state index in [1.165, 1.54) is 4.31 Å². The number of methoxy groups -OCH3 is 1. The summed E-state index contributed by atoms with van der Waals surface area (Å²) in [4.78, 5) is 0. The molecular formula is C12H27N3O4S. The van der Waals surface area contributed by atoms with Crippen LogP contribution in [0.25, 0.3) is 0 Å². The fourth-order valence-electron chi connectivity index (χ4n) is 2.28. The van der Waals surface area contributed by atoms with E-state index in [0.29, 0.717) is 45.4 Å². The average Bonchev–Trinajstić information content (AvgIpc) is 2.43. The molecule has 1 saturated heterocycles. The normalized spacial score (nSPS) is 21.2. The lowest BCUT2D eigenvalue weighted by Crippen LogP contribution is -2.48. The van der Waals surface area contributed by atoms with Crippen LogP contribution in [0.15, 0.2) is 0 Å². The van der Waals surface area contributed by atoms with E-state index in [4.69, 9.17) is 9.47 Å². The third kappa shape index (κ3) is 6.47. The Balaban J connectivity index is 2.28. The first kappa shape index (κ1) is 17.8. The molecule has 1 rings (SSSR count). The van der Waals surface area contributed by atoms with Gasteiger partial charge in [0.05, 0.1) is 19.8 Å². The second kappa shape index (κ2) is 9.64. The zero-order chi connectivity index (χ0) is 14.8. The van der Waals surface area contributed by atoms with Crippen molar-refractivity contribution in [2.24, 2.45) is 5.92 Å². The van der Waals surface area contributed by atoms with Crippen molar-refractivity contribution in [3.63, 3.8) is 0 Å². The molecule has 8 heteroatoms. The molecule has 0 aromatic carbocycles. The molecule has 0 radical (unpaired) electrons. The van der Waals surface area contributed by atoms with Crippen molar-refractivity contribution in [1.29, 1.82) is 0 Å². The highest BCUT2D eigenvalue weighted by molar-refractivity contribution is 7.87. The monoisotopic (exact) mass is 309 g/mol. The van der Waals surface area contributed by atoms with Gasteiger partial charge in [0.2, 0.25) is 0 Å². The quantitative estimate of drug-likeness (QED) is 0.528. The zero-order valence-electron chi connectivity index (χ0n) is 12.4. The second-order valence-electron chi connectivity index (χ2n) is 4.93. The first-order valence-corrected chi connectivity index (χ1v) is 8.50. The number of rotatable bonds is 10. The summed E-state index contributed by atoms with van der Waals surface area (Å²) in [6.07, 6.45) is 1.99. The molecule has 20 heavy (non-hydrogen) atoms. The van der Waals surface area contributed by atoms with Crippen LogP contribution in [0.1, 0.15) is 12.8 Å². The zero-order valence-corrected chi connectivity index (χ0v) is 13.2. The Morgan fingerprint density at radius 1 is 1.30 bits per heavy atom. The molecule has 0 saturated carbocycles. The van der Waals surface area contributed by atoms with Crippen molar-refractivity contribution in [3.05, 3.63) is 0 Å². The topological polar surface area (TPSA) is 79.9 Å². The van der Waals surface area contributed by atoms with Crippen LogP contribution in [0.4, 0.5) is 0 Å². The lowest BCUT2D eigenvalue weighted by molar-refractivity contribution is 0.0734. The van der Waals surface area contributed by atoms with E-state index in [-0.39, 0.29) is 0 Å². The lowest BCUT2D eigenvalue weighted by Gasteiger charge is -2.31. The molecule has 1 aliphatic rings. The molecule has 0 bridgehead atoms. The van der Waals surface area contributed by atoms with Crippen LogP contribution in [-0.4, -0.2) is 72.9 Å². The molecule has 0 aliphatic carbocycles. The van der Waals surface area contributed by atoms with Crippen molar-refractivity contribution in [2.75, 3.05) is 60.2 Å². The van der Waals surface area contributed by atoms with E-state index in [1.807, 2.05) is 7.05 Å². The summed E-state index contributed by atoms with van der Waals surface area (Å²) < 4.78 is 38.5. The van der Waals surface area contributed by atoms with Gasteiger partial charge in [-0.05, 0) is 32.4 Å². The molecule has 0 amide bonds. The summed E-state index contributed by atoms with van der Waals surface area (Å²) in [5.41, 5.74) is 0. The Morgan fingerprint density at radius 3 is 2.80 bits per heavy atom. The van der Waals surface area contributed by atoms with E-state index in [2.05, 4.69) is 10.0 Å². The minimum Gasteiger partial charge on any atom is -0.382 e. The predicted octanol–water partition coefficient (Wildman–Crippen LogP) is -0.585. The number of piperidine rings is 1. The minimum atomic E-state index is -3.38. The molecule has 0 aromatic rings. The molecule has 1 aliphatic heterocycles. The van der Waals surface area contributed by atoms with Gasteiger partial charge in [0, 0.05) is 26.7 Å². The van der Waals surface area contributed by atoms with Gasteiger partial charge in [-0.1, -0.05) is 0 Å². The first-order chi connectivity index (χ1) is 9.60. The molecular weight excluding hydrogens is 282 g/mol. The summed E-state index contributed by atoms with van der Waals surface area (Å²) in [5, 5.41) is 3.11. The van der Waals surface area contributed by atoms with E-state index < -0.39 is 10.2 Å². The number of ether oxygens (including phenoxy) is 2.